The molecule has 1 aromatic heterocycles. The molecule has 18 heavy (non-hydrogen) atoms. The van der Waals surface area contributed by atoms with Crippen molar-refractivity contribution in [3.05, 3.63) is 40.7 Å². The quantitative estimate of drug-likeness (QED) is 0.876. The molecule has 1 amide bonds. The molecule has 2 rings (SSSR count). The highest BCUT2D eigenvalue weighted by Crippen LogP contribution is 2.22. The van der Waals surface area contributed by atoms with E-state index in [1.54, 1.807) is 26.1 Å². The number of halogens is 1. The third kappa shape index (κ3) is 2.17. The molecule has 0 radical (unpaired) electrons. The number of hydrogen-bond donors (Lipinski definition) is 2. The Bertz CT molecular complexity index is 578. The maximum Gasteiger partial charge on any atom is 0.280 e. The van der Waals surface area contributed by atoms with Crippen LogP contribution in [0.1, 0.15) is 16.2 Å². The van der Waals surface area contributed by atoms with Crippen molar-refractivity contribution in [3.63, 3.8) is 0 Å². The van der Waals surface area contributed by atoms with Crippen molar-refractivity contribution in [1.82, 2.24) is 10.2 Å². The molecule has 2 N–H and O–H groups in total. The monoisotopic (exact) mass is 265 g/mol. The Morgan fingerprint density at radius 3 is 2.50 bits per heavy atom. The van der Waals surface area contributed by atoms with Crippen LogP contribution in [0.2, 0.25) is 5.02 Å². The smallest absolute Gasteiger partial charge is 0.280 e. The van der Waals surface area contributed by atoms with E-state index in [4.69, 9.17) is 11.6 Å². The molecule has 2 aromatic rings. The molecule has 0 unspecified atom stereocenters. The van der Waals surface area contributed by atoms with Crippen molar-refractivity contribution >= 4 is 23.2 Å². The van der Waals surface area contributed by atoms with Crippen LogP contribution in [0, 0.1) is 6.92 Å². The van der Waals surface area contributed by atoms with Crippen molar-refractivity contribution in [1.29, 1.82) is 0 Å². The Morgan fingerprint density at radius 1 is 1.39 bits per heavy atom. The number of nitrogens with one attached hydrogen (secondary N) is 1. The summed E-state index contributed by atoms with van der Waals surface area (Å²) in [4.78, 5) is 13.6. The second kappa shape index (κ2) is 4.70. The van der Waals surface area contributed by atoms with Gasteiger partial charge in [0.2, 0.25) is 0 Å². The zero-order chi connectivity index (χ0) is 13.3. The molecule has 0 spiro atoms. The highest BCUT2D eigenvalue weighted by Gasteiger charge is 2.20. The maximum atomic E-state index is 12.2. The van der Waals surface area contributed by atoms with Gasteiger partial charge in [0.05, 0.1) is 10.7 Å². The minimum Gasteiger partial charge on any atom is -0.508 e. The van der Waals surface area contributed by atoms with E-state index in [0.29, 0.717) is 16.4 Å². The van der Waals surface area contributed by atoms with Crippen molar-refractivity contribution in [2.24, 2.45) is 0 Å². The van der Waals surface area contributed by atoms with E-state index in [1.165, 1.54) is 17.0 Å². The van der Waals surface area contributed by atoms with E-state index < -0.39 is 0 Å². The molecule has 0 saturated carbocycles. The van der Waals surface area contributed by atoms with Crippen LogP contribution in [0.4, 0.5) is 5.69 Å². The molecule has 6 heteroatoms. The van der Waals surface area contributed by atoms with Crippen molar-refractivity contribution in [2.75, 3.05) is 11.9 Å². The molecule has 94 valence electrons. The highest BCUT2D eigenvalue weighted by molar-refractivity contribution is 6.34. The van der Waals surface area contributed by atoms with Gasteiger partial charge in [-0.25, -0.2) is 0 Å². The fourth-order valence-electron chi connectivity index (χ4n) is 1.51. The van der Waals surface area contributed by atoms with E-state index in [9.17, 15) is 9.90 Å². The van der Waals surface area contributed by atoms with E-state index in [0.717, 1.165) is 0 Å². The van der Waals surface area contributed by atoms with Crippen molar-refractivity contribution < 1.29 is 9.90 Å². The van der Waals surface area contributed by atoms with Crippen LogP contribution in [-0.4, -0.2) is 28.3 Å². The Kier molecular flexibility index (Phi) is 3.25. The SMILES string of the molecule is Cc1[nH]nc(C(=O)N(C)c2ccc(O)cc2)c1Cl. The number of nitrogens with zero attached hydrogens (tertiary/aromatic N) is 2. The normalized spacial score (nSPS) is 10.4. The van der Waals surface area contributed by atoms with Crippen LogP contribution in [0.5, 0.6) is 5.75 Å². The number of aromatic amines is 1. The number of benzene rings is 1. The number of amides is 1. The molecular formula is C12H12ClN3O2. The predicted octanol–water partition coefficient (Wildman–Crippen LogP) is 2.35. The lowest BCUT2D eigenvalue weighted by molar-refractivity contribution is 0.0988. The fraction of sp³-hybridized carbons (Fsp3) is 0.167. The van der Waals surface area contributed by atoms with Gasteiger partial charge in [-0.05, 0) is 31.2 Å². The van der Waals surface area contributed by atoms with Gasteiger partial charge in [-0.3, -0.25) is 9.89 Å². The summed E-state index contributed by atoms with van der Waals surface area (Å²) in [5, 5.41) is 16.1. The number of aryl methyl sites for hydroxylation is 1. The van der Waals surface area contributed by atoms with Crippen LogP contribution in [0.15, 0.2) is 24.3 Å². The van der Waals surface area contributed by atoms with Gasteiger partial charge in [0.15, 0.2) is 5.69 Å². The summed E-state index contributed by atoms with van der Waals surface area (Å²) >= 11 is 5.98. The Morgan fingerprint density at radius 2 is 2.00 bits per heavy atom. The number of carbonyl (C=O) groups excluding carboxylic acids is 1. The largest absolute Gasteiger partial charge is 0.508 e. The Balaban J connectivity index is 2.29. The van der Waals surface area contributed by atoms with Crippen molar-refractivity contribution in [3.8, 4) is 5.75 Å². The second-order valence-electron chi connectivity index (χ2n) is 3.89. The number of carbonyl (C=O) groups is 1. The number of phenols is 1. The lowest BCUT2D eigenvalue weighted by Crippen LogP contribution is -2.26. The van der Waals surface area contributed by atoms with Gasteiger partial charge in [-0.15, -0.1) is 0 Å². The number of H-pyrrole nitrogens is 1. The van der Waals surface area contributed by atoms with Gasteiger partial charge < -0.3 is 10.0 Å². The van der Waals surface area contributed by atoms with Gasteiger partial charge >= 0.3 is 0 Å². The summed E-state index contributed by atoms with van der Waals surface area (Å²) in [6, 6.07) is 6.30. The maximum absolute atomic E-state index is 12.2. The Hall–Kier alpha value is -2.01. The van der Waals surface area contributed by atoms with E-state index >= 15 is 0 Å². The molecule has 0 atom stereocenters. The molecule has 1 aromatic carbocycles. The van der Waals surface area contributed by atoms with Gasteiger partial charge in [-0.2, -0.15) is 5.10 Å². The molecule has 1 heterocycles. The molecule has 0 aliphatic carbocycles. The van der Waals surface area contributed by atoms with Crippen LogP contribution >= 0.6 is 11.6 Å². The lowest BCUT2D eigenvalue weighted by Gasteiger charge is -2.16. The second-order valence-corrected chi connectivity index (χ2v) is 4.27. The number of phenolic OH excluding ortho intramolecular Hbond substituents is 1. The van der Waals surface area contributed by atoms with Crippen LogP contribution in [-0.2, 0) is 0 Å². The topological polar surface area (TPSA) is 69.2 Å². The molecule has 0 aliphatic heterocycles. The predicted molar refractivity (Wildman–Crippen MR) is 69.2 cm³/mol. The third-order valence-electron chi connectivity index (χ3n) is 2.62. The highest BCUT2D eigenvalue weighted by atomic mass is 35.5. The first-order chi connectivity index (χ1) is 8.50. The number of aromatic hydroxyl groups is 1. The number of anilines is 1. The number of aromatic nitrogens is 2. The summed E-state index contributed by atoms with van der Waals surface area (Å²) in [6.07, 6.45) is 0. The van der Waals surface area contributed by atoms with Gasteiger partial charge in [0.25, 0.3) is 5.91 Å². The standard InChI is InChI=1S/C12H12ClN3O2/c1-7-10(13)11(15-14-7)12(18)16(2)8-3-5-9(17)6-4-8/h3-6,17H,1-2H3,(H,14,15). The molecular weight excluding hydrogens is 254 g/mol. The zero-order valence-corrected chi connectivity index (χ0v) is 10.7. The molecule has 0 fully saturated rings. The summed E-state index contributed by atoms with van der Waals surface area (Å²) in [7, 11) is 1.62. The zero-order valence-electron chi connectivity index (χ0n) is 9.94. The third-order valence-corrected chi connectivity index (χ3v) is 3.08. The molecule has 0 aliphatic rings. The van der Waals surface area contributed by atoms with E-state index in [2.05, 4.69) is 10.2 Å². The van der Waals surface area contributed by atoms with Crippen LogP contribution in [0.3, 0.4) is 0 Å². The first kappa shape index (κ1) is 12.4. The minimum atomic E-state index is -0.310. The number of rotatable bonds is 2. The molecule has 5 nitrogen and oxygen atoms in total. The minimum absolute atomic E-state index is 0.147. The summed E-state index contributed by atoms with van der Waals surface area (Å²) in [6.45, 7) is 1.74. The van der Waals surface area contributed by atoms with Gasteiger partial charge in [-0.1, -0.05) is 11.6 Å². The van der Waals surface area contributed by atoms with E-state index in [1.807, 2.05) is 0 Å². The van der Waals surface area contributed by atoms with E-state index in [-0.39, 0.29) is 17.4 Å². The average molecular weight is 266 g/mol. The molecule has 0 saturated heterocycles. The van der Waals surface area contributed by atoms with Crippen molar-refractivity contribution in [2.45, 2.75) is 6.92 Å². The van der Waals surface area contributed by atoms with Gasteiger partial charge in [0, 0.05) is 12.7 Å². The lowest BCUT2D eigenvalue weighted by atomic mass is 10.2. The molecule has 0 bridgehead atoms. The summed E-state index contributed by atoms with van der Waals surface area (Å²) in [5.74, 6) is -0.164. The van der Waals surface area contributed by atoms with Crippen LogP contribution < -0.4 is 4.90 Å². The summed E-state index contributed by atoms with van der Waals surface area (Å²) in [5.41, 5.74) is 1.48. The summed E-state index contributed by atoms with van der Waals surface area (Å²) < 4.78 is 0. The number of hydrogen-bond acceptors (Lipinski definition) is 3. The van der Waals surface area contributed by atoms with Gasteiger partial charge in [0.1, 0.15) is 5.75 Å². The fourth-order valence-corrected chi connectivity index (χ4v) is 1.67. The first-order valence-corrected chi connectivity index (χ1v) is 5.66. The first-order valence-electron chi connectivity index (χ1n) is 5.28. The Labute approximate surface area is 109 Å². The van der Waals surface area contributed by atoms with Crippen LogP contribution in [0.25, 0.3) is 0 Å². The average Bonchev–Trinajstić information content (AvgIpc) is 2.69.